The SMILES string of the molecule is C=CCn1c(=O)c2cnc(Nc3ccc(C4CN(C(=O)OC(C)(C)C)C4)cc3)nc2n1-c1ccc2c(n1)[C@@](O)(CC)CC2. The standard InChI is InChI=1S/C32H37N7O4/c1-6-16-38-28(40)24-17-33-29(36-27(24)39(38)25-13-10-21-14-15-32(42,7-2)26(21)35-25)34-23-11-8-20(9-12-23)22-18-37(19-22)30(41)43-31(3,4)5/h6,8-13,17,22,42H,1,7,14-16,18-19H2,2-5H3,(H,33,34,36)/t32-/m1/s1. The van der Waals surface area contributed by atoms with Gasteiger partial charge in [0.25, 0.3) is 5.56 Å². The van der Waals surface area contributed by atoms with Crippen molar-refractivity contribution in [3.05, 3.63) is 82.4 Å². The summed E-state index contributed by atoms with van der Waals surface area (Å²) in [5, 5.41) is 14.8. The van der Waals surface area contributed by atoms with E-state index in [9.17, 15) is 14.7 Å². The highest BCUT2D eigenvalue weighted by atomic mass is 16.6. The van der Waals surface area contributed by atoms with Gasteiger partial charge < -0.3 is 20.1 Å². The van der Waals surface area contributed by atoms with E-state index in [1.807, 2.05) is 64.1 Å². The Bertz CT molecular complexity index is 1760. The minimum atomic E-state index is -0.987. The van der Waals surface area contributed by atoms with Crippen LogP contribution in [-0.2, 0) is 23.3 Å². The van der Waals surface area contributed by atoms with Gasteiger partial charge in [-0.25, -0.2) is 24.1 Å². The number of hydrogen-bond donors (Lipinski definition) is 2. The quantitative estimate of drug-likeness (QED) is 0.298. The first kappa shape index (κ1) is 28.6. The number of nitrogens with zero attached hydrogens (tertiary/aromatic N) is 6. The van der Waals surface area contributed by atoms with Gasteiger partial charge in [0.05, 0.1) is 12.2 Å². The van der Waals surface area contributed by atoms with E-state index in [0.29, 0.717) is 54.4 Å². The zero-order chi connectivity index (χ0) is 30.5. The van der Waals surface area contributed by atoms with Gasteiger partial charge in [0.2, 0.25) is 5.95 Å². The van der Waals surface area contributed by atoms with Crippen LogP contribution < -0.4 is 10.9 Å². The lowest BCUT2D eigenvalue weighted by Crippen LogP contribution is -2.50. The second kappa shape index (κ2) is 10.6. The minimum absolute atomic E-state index is 0.249. The molecule has 11 nitrogen and oxygen atoms in total. The van der Waals surface area contributed by atoms with Crippen LogP contribution in [-0.4, -0.2) is 59.1 Å². The summed E-state index contributed by atoms with van der Waals surface area (Å²) < 4.78 is 8.66. The van der Waals surface area contributed by atoms with Gasteiger partial charge in [-0.3, -0.25) is 4.79 Å². The third-order valence-corrected chi connectivity index (χ3v) is 8.16. The number of fused-ring (bicyclic) bond motifs is 2. The van der Waals surface area contributed by atoms with Gasteiger partial charge in [-0.05, 0) is 69.4 Å². The predicted octanol–water partition coefficient (Wildman–Crippen LogP) is 4.78. The second-order valence-electron chi connectivity index (χ2n) is 12.3. The molecule has 1 saturated heterocycles. The second-order valence-corrected chi connectivity index (χ2v) is 12.3. The Kier molecular flexibility index (Phi) is 7.08. The zero-order valence-electron chi connectivity index (χ0n) is 25.0. The van der Waals surface area contributed by atoms with Gasteiger partial charge in [-0.1, -0.05) is 31.2 Å². The molecule has 0 unspecified atom stereocenters. The number of carbonyl (C=O) groups excluding carboxylic acids is 1. The van der Waals surface area contributed by atoms with E-state index >= 15 is 0 Å². The largest absolute Gasteiger partial charge is 0.444 e. The van der Waals surface area contributed by atoms with Crippen molar-refractivity contribution in [2.75, 3.05) is 18.4 Å². The van der Waals surface area contributed by atoms with E-state index < -0.39 is 11.2 Å². The molecule has 6 rings (SSSR count). The van der Waals surface area contributed by atoms with Crippen molar-refractivity contribution in [1.82, 2.24) is 29.2 Å². The van der Waals surface area contributed by atoms with Gasteiger partial charge in [-0.2, -0.15) is 4.98 Å². The molecule has 11 heteroatoms. The molecular weight excluding hydrogens is 546 g/mol. The maximum atomic E-state index is 13.4. The highest BCUT2D eigenvalue weighted by molar-refractivity contribution is 5.77. The fraction of sp³-hybridized carbons (Fsp3) is 0.406. The van der Waals surface area contributed by atoms with Crippen LogP contribution in [0.5, 0.6) is 0 Å². The first-order chi connectivity index (χ1) is 20.5. The molecule has 2 N–H and O–H groups in total. The number of nitrogens with one attached hydrogen (secondary N) is 1. The van der Waals surface area contributed by atoms with Gasteiger partial charge in [0.15, 0.2) is 11.5 Å². The summed E-state index contributed by atoms with van der Waals surface area (Å²) in [5.41, 5.74) is 2.24. The van der Waals surface area contributed by atoms with E-state index in [4.69, 9.17) is 14.7 Å². The average molecular weight is 584 g/mol. The van der Waals surface area contributed by atoms with Crippen LogP contribution in [0.25, 0.3) is 16.9 Å². The number of anilines is 2. The molecule has 0 spiro atoms. The number of hydrogen-bond acceptors (Lipinski definition) is 8. The van der Waals surface area contributed by atoms with Crippen LogP contribution in [0.4, 0.5) is 16.4 Å². The molecule has 0 saturated carbocycles. The van der Waals surface area contributed by atoms with Crippen molar-refractivity contribution < 1.29 is 14.6 Å². The molecule has 3 aromatic heterocycles. The van der Waals surface area contributed by atoms with Gasteiger partial charge >= 0.3 is 6.09 Å². The summed E-state index contributed by atoms with van der Waals surface area (Å²) >= 11 is 0. The summed E-state index contributed by atoms with van der Waals surface area (Å²) in [4.78, 5) is 41.3. The average Bonchev–Trinajstić information content (AvgIpc) is 3.41. The predicted molar refractivity (Wildman–Crippen MR) is 164 cm³/mol. The molecular formula is C32H37N7O4. The number of aliphatic hydroxyl groups is 1. The molecule has 1 aromatic carbocycles. The fourth-order valence-corrected chi connectivity index (χ4v) is 5.75. The lowest BCUT2D eigenvalue weighted by molar-refractivity contribution is 0.00818. The summed E-state index contributed by atoms with van der Waals surface area (Å²) in [6.07, 6.45) is 4.82. The maximum Gasteiger partial charge on any atom is 0.410 e. The number of ether oxygens (including phenoxy) is 1. The van der Waals surface area contributed by atoms with E-state index in [1.54, 1.807) is 15.7 Å². The van der Waals surface area contributed by atoms with E-state index in [0.717, 1.165) is 23.2 Å². The van der Waals surface area contributed by atoms with Crippen LogP contribution in [0, 0.1) is 0 Å². The first-order valence-corrected chi connectivity index (χ1v) is 14.7. The fourth-order valence-electron chi connectivity index (χ4n) is 5.75. The molecule has 4 heterocycles. The molecule has 1 aliphatic carbocycles. The number of rotatable bonds is 7. The third-order valence-electron chi connectivity index (χ3n) is 8.16. The maximum absolute atomic E-state index is 13.4. The van der Waals surface area contributed by atoms with Crippen LogP contribution in [0.1, 0.15) is 63.3 Å². The third kappa shape index (κ3) is 5.29. The highest BCUT2D eigenvalue weighted by Crippen LogP contribution is 2.38. The van der Waals surface area contributed by atoms with Crippen molar-refractivity contribution in [1.29, 1.82) is 0 Å². The van der Waals surface area contributed by atoms with Crippen molar-refractivity contribution >= 4 is 28.8 Å². The number of allylic oxidation sites excluding steroid dienone is 1. The van der Waals surface area contributed by atoms with E-state index in [-0.39, 0.29) is 24.1 Å². The van der Waals surface area contributed by atoms with E-state index in [1.165, 1.54) is 10.9 Å². The Balaban J connectivity index is 1.26. The first-order valence-electron chi connectivity index (χ1n) is 14.7. The smallest absolute Gasteiger partial charge is 0.410 e. The highest BCUT2D eigenvalue weighted by Gasteiger charge is 2.37. The molecule has 2 aliphatic rings. The topological polar surface area (TPSA) is 127 Å². The lowest BCUT2D eigenvalue weighted by atomic mass is 9.92. The molecule has 224 valence electrons. The Morgan fingerprint density at radius 3 is 2.60 bits per heavy atom. The number of pyridine rings is 1. The van der Waals surface area contributed by atoms with Gasteiger partial charge in [0, 0.05) is 30.9 Å². The number of benzene rings is 1. The molecule has 1 atom stereocenters. The Labute approximate surface area is 249 Å². The number of aromatic nitrogens is 5. The number of amides is 1. The Morgan fingerprint density at radius 2 is 1.93 bits per heavy atom. The molecule has 0 bridgehead atoms. The van der Waals surface area contributed by atoms with Crippen molar-refractivity contribution in [3.63, 3.8) is 0 Å². The van der Waals surface area contributed by atoms with Crippen LogP contribution in [0.3, 0.4) is 0 Å². The Morgan fingerprint density at radius 1 is 1.19 bits per heavy atom. The minimum Gasteiger partial charge on any atom is -0.444 e. The summed E-state index contributed by atoms with van der Waals surface area (Å²) in [6.45, 7) is 12.8. The van der Waals surface area contributed by atoms with Crippen LogP contribution in [0.15, 0.2) is 60.0 Å². The molecule has 1 fully saturated rings. The summed E-state index contributed by atoms with van der Waals surface area (Å²) in [7, 11) is 0. The normalized spacial score (nSPS) is 18.4. The van der Waals surface area contributed by atoms with Gasteiger partial charge in [0.1, 0.15) is 16.6 Å². The van der Waals surface area contributed by atoms with Crippen LogP contribution in [0.2, 0.25) is 0 Å². The zero-order valence-corrected chi connectivity index (χ0v) is 25.0. The molecule has 1 amide bonds. The number of carbonyl (C=O) groups is 1. The summed E-state index contributed by atoms with van der Waals surface area (Å²) in [5.74, 6) is 1.07. The van der Waals surface area contributed by atoms with Gasteiger partial charge in [-0.15, -0.1) is 6.58 Å². The van der Waals surface area contributed by atoms with Crippen molar-refractivity contribution in [3.8, 4) is 5.82 Å². The molecule has 43 heavy (non-hydrogen) atoms. The number of likely N-dealkylation sites (tertiary alicyclic amines) is 1. The monoisotopic (exact) mass is 583 g/mol. The summed E-state index contributed by atoms with van der Waals surface area (Å²) in [6, 6.07) is 11.8. The van der Waals surface area contributed by atoms with Crippen molar-refractivity contribution in [2.45, 2.75) is 70.6 Å². The van der Waals surface area contributed by atoms with Crippen molar-refractivity contribution in [2.24, 2.45) is 0 Å². The molecule has 0 radical (unpaired) electrons. The number of aryl methyl sites for hydroxylation is 1. The Hall–Kier alpha value is -4.51. The molecule has 4 aromatic rings. The van der Waals surface area contributed by atoms with Crippen LogP contribution >= 0.6 is 0 Å². The molecule has 1 aliphatic heterocycles. The van der Waals surface area contributed by atoms with E-state index in [2.05, 4.69) is 16.9 Å². The lowest BCUT2D eigenvalue weighted by Gasteiger charge is -2.40.